The Bertz CT molecular complexity index is 955. The van der Waals surface area contributed by atoms with E-state index in [0.29, 0.717) is 35.4 Å². The molecule has 1 aliphatic carbocycles. The second kappa shape index (κ2) is 8.47. The van der Waals surface area contributed by atoms with Crippen molar-refractivity contribution in [1.29, 1.82) is 5.26 Å². The van der Waals surface area contributed by atoms with E-state index in [-0.39, 0.29) is 16.2 Å². The summed E-state index contributed by atoms with van der Waals surface area (Å²) in [5.41, 5.74) is 1.28. The maximum atomic E-state index is 13.2. The van der Waals surface area contributed by atoms with E-state index in [0.717, 1.165) is 11.3 Å². The second-order valence-electron chi connectivity index (χ2n) is 6.12. The van der Waals surface area contributed by atoms with Crippen LogP contribution in [0.4, 0.5) is 10.1 Å². The number of carbonyl (C=O) groups excluding carboxylic acids is 1. The molecule has 138 valence electrons. The summed E-state index contributed by atoms with van der Waals surface area (Å²) in [6, 6.07) is 11.0. The van der Waals surface area contributed by atoms with Gasteiger partial charge in [-0.25, -0.2) is 4.39 Å². The van der Waals surface area contributed by atoms with Crippen molar-refractivity contribution in [3.05, 3.63) is 70.2 Å². The Hall–Kier alpha value is -2.49. The van der Waals surface area contributed by atoms with Crippen molar-refractivity contribution in [3.8, 4) is 6.07 Å². The predicted octanol–water partition coefficient (Wildman–Crippen LogP) is 5.69. The number of carbonyl (C=O) groups is 1. The summed E-state index contributed by atoms with van der Waals surface area (Å²) in [7, 11) is 0. The van der Waals surface area contributed by atoms with Crippen molar-refractivity contribution < 1.29 is 14.3 Å². The largest absolute Gasteiger partial charge is 0.513 e. The smallest absolute Gasteiger partial charge is 0.255 e. The lowest BCUT2D eigenvalue weighted by Gasteiger charge is -2.19. The van der Waals surface area contributed by atoms with Crippen molar-refractivity contribution in [2.24, 2.45) is 0 Å². The first-order valence-electron chi connectivity index (χ1n) is 8.31. The molecule has 1 aliphatic rings. The molecule has 2 aromatic rings. The van der Waals surface area contributed by atoms with Crippen LogP contribution in [-0.2, 0) is 0 Å². The van der Waals surface area contributed by atoms with Gasteiger partial charge in [0.05, 0.1) is 16.3 Å². The van der Waals surface area contributed by atoms with Gasteiger partial charge in [0.15, 0.2) is 0 Å². The van der Waals surface area contributed by atoms with Crippen molar-refractivity contribution >= 4 is 35.0 Å². The minimum atomic E-state index is -0.556. The molecule has 7 heteroatoms. The lowest BCUT2D eigenvalue weighted by Crippen LogP contribution is -2.13. The molecule has 4 nitrogen and oxygen atoms in total. The molecular formula is C20H16ClFN2O2S. The summed E-state index contributed by atoms with van der Waals surface area (Å²) in [5.74, 6) is -0.525. The highest BCUT2D eigenvalue weighted by Crippen LogP contribution is 2.35. The third kappa shape index (κ3) is 4.82. The molecule has 0 saturated carbocycles. The molecule has 1 amide bonds. The molecule has 2 aromatic carbocycles. The van der Waals surface area contributed by atoms with Gasteiger partial charge in [-0.05, 0) is 55.3 Å². The van der Waals surface area contributed by atoms with Gasteiger partial charge >= 0.3 is 0 Å². The average molecular weight is 403 g/mol. The van der Waals surface area contributed by atoms with Crippen LogP contribution in [0.15, 0.2) is 53.1 Å². The molecule has 1 atom stereocenters. The number of nitrogens with zero attached hydrogens (tertiary/aromatic N) is 1. The highest BCUT2D eigenvalue weighted by atomic mass is 35.5. The number of nitrogens with one attached hydrogen (secondary N) is 1. The fourth-order valence-electron chi connectivity index (χ4n) is 2.71. The van der Waals surface area contributed by atoms with Crippen LogP contribution >= 0.6 is 23.4 Å². The van der Waals surface area contributed by atoms with Crippen LogP contribution in [0.2, 0.25) is 5.02 Å². The van der Waals surface area contributed by atoms with Gasteiger partial charge in [0, 0.05) is 27.8 Å². The average Bonchev–Trinajstić information content (AvgIpc) is 2.66. The summed E-state index contributed by atoms with van der Waals surface area (Å²) in [6.45, 7) is 0. The molecule has 0 spiro atoms. The zero-order valence-corrected chi connectivity index (χ0v) is 15.8. The molecule has 0 aliphatic heterocycles. The van der Waals surface area contributed by atoms with Crippen LogP contribution in [0.3, 0.4) is 0 Å². The van der Waals surface area contributed by atoms with Gasteiger partial charge in [-0.1, -0.05) is 11.6 Å². The Morgan fingerprint density at radius 1 is 1.33 bits per heavy atom. The third-order valence-electron chi connectivity index (χ3n) is 4.17. The minimum Gasteiger partial charge on any atom is -0.513 e. The first-order chi connectivity index (χ1) is 13.0. The molecular weight excluding hydrogens is 387 g/mol. The highest BCUT2D eigenvalue weighted by molar-refractivity contribution is 8.00. The van der Waals surface area contributed by atoms with Crippen LogP contribution in [0.5, 0.6) is 0 Å². The number of rotatable bonds is 4. The molecule has 0 aromatic heterocycles. The predicted molar refractivity (Wildman–Crippen MR) is 105 cm³/mol. The van der Waals surface area contributed by atoms with Gasteiger partial charge < -0.3 is 10.4 Å². The van der Waals surface area contributed by atoms with E-state index in [1.165, 1.54) is 30.0 Å². The van der Waals surface area contributed by atoms with E-state index in [2.05, 4.69) is 11.4 Å². The van der Waals surface area contributed by atoms with E-state index in [4.69, 9.17) is 11.6 Å². The number of aliphatic hydroxyl groups excluding tert-OH is 1. The number of aliphatic hydroxyl groups is 1. The molecule has 1 unspecified atom stereocenters. The molecule has 0 radical (unpaired) electrons. The Kier molecular flexibility index (Phi) is 6.04. The monoisotopic (exact) mass is 402 g/mol. The van der Waals surface area contributed by atoms with E-state index >= 15 is 0 Å². The maximum absolute atomic E-state index is 13.2. The normalized spacial score (nSPS) is 16.3. The van der Waals surface area contributed by atoms with Crippen LogP contribution in [-0.4, -0.2) is 16.3 Å². The maximum Gasteiger partial charge on any atom is 0.255 e. The molecule has 0 saturated heterocycles. The number of anilines is 1. The summed E-state index contributed by atoms with van der Waals surface area (Å²) in [4.78, 5) is 13.2. The zero-order valence-electron chi connectivity index (χ0n) is 14.2. The Labute approximate surface area is 165 Å². The van der Waals surface area contributed by atoms with E-state index in [1.807, 2.05) is 0 Å². The lowest BCUT2D eigenvalue weighted by molar-refractivity contribution is 0.102. The highest BCUT2D eigenvalue weighted by Gasteiger charge is 2.18. The number of hydrogen-bond donors (Lipinski definition) is 2. The van der Waals surface area contributed by atoms with Gasteiger partial charge in [0.1, 0.15) is 11.9 Å². The zero-order chi connectivity index (χ0) is 19.4. The summed E-state index contributed by atoms with van der Waals surface area (Å²) in [5, 5.41) is 21.7. The molecule has 3 rings (SSSR count). The molecule has 2 N–H and O–H groups in total. The topological polar surface area (TPSA) is 73.1 Å². The van der Waals surface area contributed by atoms with Crippen molar-refractivity contribution in [2.45, 2.75) is 29.4 Å². The minimum absolute atomic E-state index is 0.0718. The lowest BCUT2D eigenvalue weighted by atomic mass is 10.1. The number of hydrogen-bond acceptors (Lipinski definition) is 4. The number of nitriles is 1. The van der Waals surface area contributed by atoms with Crippen LogP contribution in [0, 0.1) is 17.1 Å². The Balaban J connectivity index is 1.78. The van der Waals surface area contributed by atoms with Gasteiger partial charge in [0.25, 0.3) is 5.91 Å². The van der Waals surface area contributed by atoms with Gasteiger partial charge in [-0.2, -0.15) is 5.26 Å². The molecule has 27 heavy (non-hydrogen) atoms. The van der Waals surface area contributed by atoms with Crippen molar-refractivity contribution in [3.63, 3.8) is 0 Å². The number of thioether (sulfide) groups is 1. The van der Waals surface area contributed by atoms with Crippen LogP contribution in [0.25, 0.3) is 0 Å². The third-order valence-corrected chi connectivity index (χ3v) is 5.82. The fraction of sp³-hybridized carbons (Fsp3) is 0.200. The fourth-order valence-corrected chi connectivity index (χ4v) is 4.12. The Morgan fingerprint density at radius 3 is 2.81 bits per heavy atom. The Morgan fingerprint density at radius 2 is 2.15 bits per heavy atom. The van der Waals surface area contributed by atoms with Crippen molar-refractivity contribution in [2.75, 3.05) is 5.32 Å². The van der Waals surface area contributed by atoms with Gasteiger partial charge in [-0.15, -0.1) is 11.8 Å². The van der Waals surface area contributed by atoms with E-state index in [1.54, 1.807) is 24.3 Å². The summed E-state index contributed by atoms with van der Waals surface area (Å²) in [6.07, 6.45) is 3.93. The summed E-state index contributed by atoms with van der Waals surface area (Å²) < 4.78 is 13.2. The summed E-state index contributed by atoms with van der Waals surface area (Å²) >= 11 is 7.27. The van der Waals surface area contributed by atoms with E-state index in [9.17, 15) is 19.6 Å². The number of allylic oxidation sites excluding steroid dienone is 2. The SMILES string of the molecule is N#Cc1ccc(C(=O)Nc2ccc(F)c(Cl)c2)cc1SC1CC=C(O)CC1. The standard InChI is InChI=1S/C20H16ClFN2O2S/c21-17-10-14(3-8-18(17)22)24-20(26)12-1-2-13(11-23)19(9-12)27-16-6-4-15(25)5-7-16/h1-4,8-10,16,25H,5-7H2,(H,24,26). The van der Waals surface area contributed by atoms with Gasteiger partial charge in [0.2, 0.25) is 0 Å². The number of amides is 1. The van der Waals surface area contributed by atoms with E-state index < -0.39 is 5.82 Å². The van der Waals surface area contributed by atoms with Crippen molar-refractivity contribution in [1.82, 2.24) is 0 Å². The molecule has 0 bridgehead atoms. The number of halogens is 2. The van der Waals surface area contributed by atoms with Crippen LogP contribution < -0.4 is 5.32 Å². The molecule has 0 heterocycles. The first-order valence-corrected chi connectivity index (χ1v) is 9.57. The second-order valence-corrected chi connectivity index (χ2v) is 7.86. The number of benzene rings is 2. The van der Waals surface area contributed by atoms with Gasteiger partial charge in [-0.3, -0.25) is 4.79 Å². The molecule has 0 fully saturated rings. The van der Waals surface area contributed by atoms with Crippen LogP contribution in [0.1, 0.15) is 35.2 Å². The first kappa shape index (κ1) is 19.3. The quantitative estimate of drug-likeness (QED) is 0.689.